The summed E-state index contributed by atoms with van der Waals surface area (Å²) in [6.07, 6.45) is 0. The number of nitrogens with one attached hydrogen (secondary N) is 2. The Morgan fingerprint density at radius 1 is 1.40 bits per heavy atom. The molecule has 1 atom stereocenters. The van der Waals surface area contributed by atoms with E-state index in [1.807, 2.05) is 0 Å². The molecule has 6 heteroatoms. The van der Waals surface area contributed by atoms with Crippen molar-refractivity contribution in [1.29, 1.82) is 0 Å². The fourth-order valence-corrected chi connectivity index (χ4v) is 1.32. The van der Waals surface area contributed by atoms with Gasteiger partial charge in [-0.05, 0) is 25.1 Å². The van der Waals surface area contributed by atoms with Crippen LogP contribution in [0.4, 0.5) is 5.69 Å². The summed E-state index contributed by atoms with van der Waals surface area (Å²) >= 11 is 11.6. The molecule has 0 spiro atoms. The molecule has 1 rings (SSSR count). The lowest BCUT2D eigenvalue weighted by atomic mass is 10.2. The second-order valence-electron chi connectivity index (χ2n) is 3.00. The molecule has 1 amide bonds. The van der Waals surface area contributed by atoms with Crippen LogP contribution in [0, 0.1) is 0 Å². The minimum Gasteiger partial charge on any atom is -0.374 e. The van der Waals surface area contributed by atoms with Crippen LogP contribution in [0.2, 0.25) is 10.0 Å². The number of rotatable bonds is 3. The molecular weight excluding hydrogens is 237 g/mol. The van der Waals surface area contributed by atoms with Crippen LogP contribution in [0.5, 0.6) is 0 Å². The summed E-state index contributed by atoms with van der Waals surface area (Å²) in [5.74, 6) is 4.69. The Morgan fingerprint density at radius 2 is 2.07 bits per heavy atom. The molecule has 0 radical (unpaired) electrons. The van der Waals surface area contributed by atoms with Crippen LogP contribution in [-0.2, 0) is 4.79 Å². The van der Waals surface area contributed by atoms with Crippen LogP contribution < -0.4 is 16.6 Å². The number of anilines is 1. The van der Waals surface area contributed by atoms with E-state index >= 15 is 0 Å². The average Bonchev–Trinajstić information content (AvgIpc) is 2.22. The second-order valence-corrected chi connectivity index (χ2v) is 3.82. The van der Waals surface area contributed by atoms with Crippen molar-refractivity contribution >= 4 is 34.8 Å². The Labute approximate surface area is 97.7 Å². The first-order valence-corrected chi connectivity index (χ1v) is 5.02. The molecule has 82 valence electrons. The van der Waals surface area contributed by atoms with Crippen molar-refractivity contribution in [3.05, 3.63) is 28.2 Å². The highest BCUT2D eigenvalue weighted by atomic mass is 35.5. The van der Waals surface area contributed by atoms with Crippen molar-refractivity contribution in [2.75, 3.05) is 5.32 Å². The van der Waals surface area contributed by atoms with Crippen LogP contribution >= 0.6 is 23.2 Å². The van der Waals surface area contributed by atoms with Gasteiger partial charge >= 0.3 is 0 Å². The van der Waals surface area contributed by atoms with Crippen molar-refractivity contribution in [3.8, 4) is 0 Å². The number of hydrogen-bond donors (Lipinski definition) is 3. The number of nitrogens with two attached hydrogens (primary N) is 1. The molecule has 4 N–H and O–H groups in total. The maximum Gasteiger partial charge on any atom is 0.256 e. The number of halogens is 2. The molecule has 0 aliphatic carbocycles. The first-order chi connectivity index (χ1) is 7.04. The Hall–Kier alpha value is -0.970. The topological polar surface area (TPSA) is 67.2 Å². The van der Waals surface area contributed by atoms with E-state index in [2.05, 4.69) is 10.7 Å². The van der Waals surface area contributed by atoms with E-state index in [0.717, 1.165) is 0 Å². The van der Waals surface area contributed by atoms with E-state index < -0.39 is 6.04 Å². The normalized spacial score (nSPS) is 12.0. The van der Waals surface area contributed by atoms with Gasteiger partial charge in [-0.1, -0.05) is 23.2 Å². The highest BCUT2D eigenvalue weighted by molar-refractivity contribution is 6.42. The number of amides is 1. The number of hydrazine groups is 1. The predicted octanol–water partition coefficient (Wildman–Crippen LogP) is 1.78. The zero-order valence-electron chi connectivity index (χ0n) is 8.05. The summed E-state index contributed by atoms with van der Waals surface area (Å²) in [7, 11) is 0. The second kappa shape index (κ2) is 5.21. The van der Waals surface area contributed by atoms with Gasteiger partial charge in [-0.15, -0.1) is 0 Å². The predicted molar refractivity (Wildman–Crippen MR) is 61.9 cm³/mol. The summed E-state index contributed by atoms with van der Waals surface area (Å²) in [6, 6.07) is 4.59. The van der Waals surface area contributed by atoms with E-state index in [1.165, 1.54) is 0 Å². The van der Waals surface area contributed by atoms with Crippen LogP contribution in [0.25, 0.3) is 0 Å². The van der Waals surface area contributed by atoms with Gasteiger partial charge in [0, 0.05) is 5.69 Å². The monoisotopic (exact) mass is 247 g/mol. The van der Waals surface area contributed by atoms with Crippen molar-refractivity contribution in [2.24, 2.45) is 5.84 Å². The lowest BCUT2D eigenvalue weighted by Crippen LogP contribution is -2.41. The molecule has 1 aromatic carbocycles. The van der Waals surface area contributed by atoms with Crippen LogP contribution in [0.15, 0.2) is 18.2 Å². The zero-order valence-corrected chi connectivity index (χ0v) is 9.56. The van der Waals surface area contributed by atoms with Crippen LogP contribution in [0.1, 0.15) is 6.92 Å². The Bertz CT molecular complexity index is 370. The van der Waals surface area contributed by atoms with Crippen LogP contribution in [0.3, 0.4) is 0 Å². The largest absolute Gasteiger partial charge is 0.374 e. The minimum absolute atomic E-state index is 0.305. The highest BCUT2D eigenvalue weighted by Crippen LogP contribution is 2.25. The van der Waals surface area contributed by atoms with Crippen molar-refractivity contribution < 1.29 is 4.79 Å². The minimum atomic E-state index is -0.438. The van der Waals surface area contributed by atoms with Gasteiger partial charge in [-0.2, -0.15) is 0 Å². The third kappa shape index (κ3) is 3.27. The van der Waals surface area contributed by atoms with E-state index in [0.29, 0.717) is 15.7 Å². The van der Waals surface area contributed by atoms with Gasteiger partial charge in [0.15, 0.2) is 0 Å². The van der Waals surface area contributed by atoms with Crippen molar-refractivity contribution in [1.82, 2.24) is 5.43 Å². The number of benzene rings is 1. The number of carbonyl (C=O) groups is 1. The van der Waals surface area contributed by atoms with E-state index in [1.54, 1.807) is 25.1 Å². The first kappa shape index (κ1) is 12.1. The first-order valence-electron chi connectivity index (χ1n) is 4.26. The summed E-state index contributed by atoms with van der Waals surface area (Å²) in [5, 5.41) is 3.83. The summed E-state index contributed by atoms with van der Waals surface area (Å²) in [5.41, 5.74) is 2.76. The fourth-order valence-electron chi connectivity index (χ4n) is 1.03. The third-order valence-corrected chi connectivity index (χ3v) is 2.58. The molecule has 0 aliphatic heterocycles. The van der Waals surface area contributed by atoms with Gasteiger partial charge in [0.25, 0.3) is 5.91 Å². The summed E-state index contributed by atoms with van der Waals surface area (Å²) in [6.45, 7) is 1.69. The molecular formula is C9H11Cl2N3O. The van der Waals surface area contributed by atoms with Crippen molar-refractivity contribution in [2.45, 2.75) is 13.0 Å². The molecule has 0 heterocycles. The smallest absolute Gasteiger partial charge is 0.256 e. The van der Waals surface area contributed by atoms with Gasteiger partial charge in [0.2, 0.25) is 0 Å². The Morgan fingerprint density at radius 3 is 2.60 bits per heavy atom. The molecule has 0 saturated heterocycles. The van der Waals surface area contributed by atoms with Gasteiger partial charge in [-0.3, -0.25) is 10.2 Å². The van der Waals surface area contributed by atoms with Gasteiger partial charge in [-0.25, -0.2) is 5.84 Å². The molecule has 0 unspecified atom stereocenters. The van der Waals surface area contributed by atoms with E-state index in [-0.39, 0.29) is 5.91 Å². The van der Waals surface area contributed by atoms with Crippen LogP contribution in [-0.4, -0.2) is 11.9 Å². The molecule has 4 nitrogen and oxygen atoms in total. The molecule has 15 heavy (non-hydrogen) atoms. The van der Waals surface area contributed by atoms with Gasteiger partial charge < -0.3 is 5.32 Å². The van der Waals surface area contributed by atoms with Gasteiger partial charge in [0.1, 0.15) is 6.04 Å². The maximum absolute atomic E-state index is 11.1. The van der Waals surface area contributed by atoms with E-state index in [9.17, 15) is 4.79 Å². The molecule has 0 saturated carbocycles. The van der Waals surface area contributed by atoms with E-state index in [4.69, 9.17) is 29.0 Å². The zero-order chi connectivity index (χ0) is 11.4. The highest BCUT2D eigenvalue weighted by Gasteiger charge is 2.10. The quantitative estimate of drug-likeness (QED) is 0.434. The number of carbonyl (C=O) groups excluding carboxylic acids is 1. The molecule has 0 aromatic heterocycles. The molecule has 1 aromatic rings. The third-order valence-electron chi connectivity index (χ3n) is 1.84. The number of hydrogen-bond acceptors (Lipinski definition) is 3. The standard InChI is InChI=1S/C9H11Cl2N3O/c1-5(9(15)14-12)13-6-2-3-7(10)8(11)4-6/h2-5,13H,12H2,1H3,(H,14,15)/t5-/m0/s1. The Kier molecular flexibility index (Phi) is 4.20. The lowest BCUT2D eigenvalue weighted by Gasteiger charge is -2.13. The molecule has 0 bridgehead atoms. The lowest BCUT2D eigenvalue weighted by molar-refractivity contribution is -0.121. The molecule has 0 aliphatic rings. The maximum atomic E-state index is 11.1. The van der Waals surface area contributed by atoms with Gasteiger partial charge in [0.05, 0.1) is 10.0 Å². The SMILES string of the molecule is C[C@H](Nc1ccc(Cl)c(Cl)c1)C(=O)NN. The summed E-state index contributed by atoms with van der Waals surface area (Å²) < 4.78 is 0. The summed E-state index contributed by atoms with van der Waals surface area (Å²) in [4.78, 5) is 11.1. The molecule has 0 fully saturated rings. The van der Waals surface area contributed by atoms with Crippen molar-refractivity contribution in [3.63, 3.8) is 0 Å². The average molecular weight is 248 g/mol. The Balaban J connectivity index is 2.73. The fraction of sp³-hybridized carbons (Fsp3) is 0.222.